The van der Waals surface area contributed by atoms with Gasteiger partial charge in [0.15, 0.2) is 0 Å². The molecule has 7 heteroatoms. The van der Waals surface area contributed by atoms with Crippen molar-refractivity contribution in [2.24, 2.45) is 11.1 Å². The summed E-state index contributed by atoms with van der Waals surface area (Å²) in [6, 6.07) is 4.97. The molecule has 152 valence electrons. The molecule has 6 nitrogen and oxygen atoms in total. The van der Waals surface area contributed by atoms with Crippen LogP contribution in [-0.4, -0.2) is 26.4 Å². The first-order chi connectivity index (χ1) is 12.5. The number of benzene rings is 1. The standard InChI is InChI=1S/C20H33N3O3S/c1-15-8-9-16(12-17(15)27(25,26)23-19(2,3)4)22-18(24)13-20(14-21)10-6-5-7-11-20/h8-9,12,23H,5-7,10-11,13-14,21H2,1-4H3,(H,22,24). The summed E-state index contributed by atoms with van der Waals surface area (Å²) in [6.07, 6.45) is 5.73. The van der Waals surface area contributed by atoms with Crippen molar-refractivity contribution in [1.82, 2.24) is 4.72 Å². The minimum atomic E-state index is -3.67. The van der Waals surface area contributed by atoms with Gasteiger partial charge in [-0.15, -0.1) is 0 Å². The molecule has 0 saturated heterocycles. The number of hydrogen-bond donors (Lipinski definition) is 3. The SMILES string of the molecule is Cc1ccc(NC(=O)CC2(CN)CCCCC2)cc1S(=O)(=O)NC(C)(C)C. The van der Waals surface area contributed by atoms with E-state index < -0.39 is 15.6 Å². The van der Waals surface area contributed by atoms with Gasteiger partial charge in [0.05, 0.1) is 4.90 Å². The molecule has 0 aromatic heterocycles. The first-order valence-corrected chi connectivity index (χ1v) is 11.1. The van der Waals surface area contributed by atoms with Crippen molar-refractivity contribution in [2.45, 2.75) is 76.7 Å². The van der Waals surface area contributed by atoms with Crippen molar-refractivity contribution >= 4 is 21.6 Å². The molecular formula is C20H33N3O3S. The van der Waals surface area contributed by atoms with Gasteiger partial charge in [-0.25, -0.2) is 13.1 Å². The van der Waals surface area contributed by atoms with Crippen LogP contribution in [-0.2, 0) is 14.8 Å². The van der Waals surface area contributed by atoms with Crippen LogP contribution in [0.15, 0.2) is 23.1 Å². The molecule has 0 aliphatic heterocycles. The number of carbonyl (C=O) groups is 1. The quantitative estimate of drug-likeness (QED) is 0.688. The molecule has 4 N–H and O–H groups in total. The molecule has 0 spiro atoms. The zero-order valence-electron chi connectivity index (χ0n) is 16.9. The fraction of sp³-hybridized carbons (Fsp3) is 0.650. The van der Waals surface area contributed by atoms with E-state index in [4.69, 9.17) is 5.73 Å². The highest BCUT2D eigenvalue weighted by molar-refractivity contribution is 7.89. The van der Waals surface area contributed by atoms with Crippen LogP contribution in [0, 0.1) is 12.3 Å². The van der Waals surface area contributed by atoms with Crippen LogP contribution >= 0.6 is 0 Å². The van der Waals surface area contributed by atoms with E-state index in [1.807, 2.05) is 0 Å². The minimum Gasteiger partial charge on any atom is -0.330 e. The maximum Gasteiger partial charge on any atom is 0.241 e. The number of nitrogens with one attached hydrogen (secondary N) is 2. The van der Waals surface area contributed by atoms with Gasteiger partial charge in [0.25, 0.3) is 0 Å². The first kappa shape index (κ1) is 21.9. The molecule has 1 aromatic carbocycles. The van der Waals surface area contributed by atoms with Crippen LogP contribution in [0.4, 0.5) is 5.69 Å². The summed E-state index contributed by atoms with van der Waals surface area (Å²) in [5.41, 5.74) is 6.38. The molecule has 0 atom stereocenters. The molecule has 27 heavy (non-hydrogen) atoms. The molecule has 1 amide bonds. The molecule has 1 aliphatic rings. The highest BCUT2D eigenvalue weighted by Crippen LogP contribution is 2.38. The smallest absolute Gasteiger partial charge is 0.241 e. The number of nitrogens with two attached hydrogens (primary N) is 1. The third-order valence-electron chi connectivity index (χ3n) is 5.08. The summed E-state index contributed by atoms with van der Waals surface area (Å²) in [7, 11) is -3.67. The Balaban J connectivity index is 2.17. The van der Waals surface area contributed by atoms with E-state index >= 15 is 0 Å². The highest BCUT2D eigenvalue weighted by Gasteiger charge is 2.33. The second kappa shape index (κ2) is 8.29. The fourth-order valence-electron chi connectivity index (χ4n) is 3.73. The van der Waals surface area contributed by atoms with Crippen molar-refractivity contribution < 1.29 is 13.2 Å². The van der Waals surface area contributed by atoms with Crippen LogP contribution < -0.4 is 15.8 Å². The third-order valence-corrected chi connectivity index (χ3v) is 6.98. The van der Waals surface area contributed by atoms with Gasteiger partial charge in [-0.05, 0) is 70.2 Å². The Hall–Kier alpha value is -1.44. The predicted octanol–water partition coefficient (Wildman–Crippen LogP) is 3.31. The lowest BCUT2D eigenvalue weighted by atomic mass is 9.71. The molecule has 0 radical (unpaired) electrons. The highest BCUT2D eigenvalue weighted by atomic mass is 32.2. The maximum absolute atomic E-state index is 12.7. The van der Waals surface area contributed by atoms with E-state index in [-0.39, 0.29) is 16.2 Å². The summed E-state index contributed by atoms with van der Waals surface area (Å²) >= 11 is 0. The van der Waals surface area contributed by atoms with E-state index in [0.717, 1.165) is 25.7 Å². The molecule has 1 aromatic rings. The van der Waals surface area contributed by atoms with Gasteiger partial charge in [-0.3, -0.25) is 4.79 Å². The van der Waals surface area contributed by atoms with Gasteiger partial charge >= 0.3 is 0 Å². The van der Waals surface area contributed by atoms with Gasteiger partial charge in [0.2, 0.25) is 15.9 Å². The molecule has 0 bridgehead atoms. The Morgan fingerprint density at radius 3 is 2.37 bits per heavy atom. The Kier molecular flexibility index (Phi) is 6.71. The van der Waals surface area contributed by atoms with E-state index in [1.54, 1.807) is 39.8 Å². The summed E-state index contributed by atoms with van der Waals surface area (Å²) < 4.78 is 28.0. The maximum atomic E-state index is 12.7. The number of rotatable bonds is 6. The lowest BCUT2D eigenvalue weighted by Gasteiger charge is -2.35. The van der Waals surface area contributed by atoms with Crippen molar-refractivity contribution in [3.8, 4) is 0 Å². The van der Waals surface area contributed by atoms with E-state index in [2.05, 4.69) is 10.0 Å². The van der Waals surface area contributed by atoms with E-state index in [0.29, 0.717) is 24.2 Å². The first-order valence-electron chi connectivity index (χ1n) is 9.61. The monoisotopic (exact) mass is 395 g/mol. The topological polar surface area (TPSA) is 101 Å². The average molecular weight is 396 g/mol. The Bertz CT molecular complexity index is 776. The second-order valence-corrected chi connectivity index (χ2v) is 10.5. The van der Waals surface area contributed by atoms with Gasteiger partial charge in [-0.1, -0.05) is 25.3 Å². The van der Waals surface area contributed by atoms with Gasteiger partial charge in [0, 0.05) is 17.6 Å². The van der Waals surface area contributed by atoms with Crippen LogP contribution in [0.1, 0.15) is 64.9 Å². The average Bonchev–Trinajstić information content (AvgIpc) is 2.55. The Labute approximate surface area is 163 Å². The van der Waals surface area contributed by atoms with Gasteiger partial charge in [-0.2, -0.15) is 0 Å². The largest absolute Gasteiger partial charge is 0.330 e. The van der Waals surface area contributed by atoms with E-state index in [9.17, 15) is 13.2 Å². The molecule has 1 saturated carbocycles. The number of amides is 1. The molecule has 0 unspecified atom stereocenters. The number of hydrogen-bond acceptors (Lipinski definition) is 4. The number of carbonyl (C=O) groups excluding carboxylic acids is 1. The van der Waals surface area contributed by atoms with Gasteiger partial charge < -0.3 is 11.1 Å². The van der Waals surface area contributed by atoms with Crippen LogP contribution in [0.25, 0.3) is 0 Å². The number of aryl methyl sites for hydroxylation is 1. The molecule has 0 heterocycles. The lowest BCUT2D eigenvalue weighted by Crippen LogP contribution is -2.40. The lowest BCUT2D eigenvalue weighted by molar-refractivity contribution is -0.118. The zero-order valence-corrected chi connectivity index (χ0v) is 17.7. The van der Waals surface area contributed by atoms with Crippen LogP contribution in [0.3, 0.4) is 0 Å². The molecule has 1 aliphatic carbocycles. The zero-order chi connectivity index (χ0) is 20.3. The van der Waals surface area contributed by atoms with E-state index in [1.165, 1.54) is 12.5 Å². The normalized spacial score (nSPS) is 17.5. The molecule has 2 rings (SSSR count). The summed E-state index contributed by atoms with van der Waals surface area (Å²) in [4.78, 5) is 12.8. The fourth-order valence-corrected chi connectivity index (χ4v) is 5.42. The van der Waals surface area contributed by atoms with Crippen molar-refractivity contribution in [1.29, 1.82) is 0 Å². The molecule has 1 fully saturated rings. The summed E-state index contributed by atoms with van der Waals surface area (Å²) in [5.74, 6) is -0.113. The van der Waals surface area contributed by atoms with Crippen molar-refractivity contribution in [3.63, 3.8) is 0 Å². The molecular weight excluding hydrogens is 362 g/mol. The summed E-state index contributed by atoms with van der Waals surface area (Å²) in [6.45, 7) is 7.63. The van der Waals surface area contributed by atoms with Crippen molar-refractivity contribution in [3.05, 3.63) is 23.8 Å². The number of sulfonamides is 1. The minimum absolute atomic E-state index is 0.113. The Morgan fingerprint density at radius 1 is 1.19 bits per heavy atom. The van der Waals surface area contributed by atoms with Gasteiger partial charge in [0.1, 0.15) is 0 Å². The van der Waals surface area contributed by atoms with Crippen LogP contribution in [0.5, 0.6) is 0 Å². The second-order valence-electron chi connectivity index (χ2n) is 8.83. The predicted molar refractivity (Wildman–Crippen MR) is 109 cm³/mol. The summed E-state index contributed by atoms with van der Waals surface area (Å²) in [5, 5.41) is 2.86. The number of anilines is 1. The third kappa shape index (κ3) is 6.02. The van der Waals surface area contributed by atoms with Crippen molar-refractivity contribution in [2.75, 3.05) is 11.9 Å². The Morgan fingerprint density at radius 2 is 1.81 bits per heavy atom. The van der Waals surface area contributed by atoms with Crippen LogP contribution in [0.2, 0.25) is 0 Å².